The second-order valence-electron chi connectivity index (χ2n) is 4.72. The summed E-state index contributed by atoms with van der Waals surface area (Å²) in [5.41, 5.74) is 7.63. The summed E-state index contributed by atoms with van der Waals surface area (Å²) in [6, 6.07) is 3.88. The number of nitrogens with two attached hydrogens (primary N) is 1. The summed E-state index contributed by atoms with van der Waals surface area (Å²) < 4.78 is 3.03. The predicted molar refractivity (Wildman–Crippen MR) is 72.2 cm³/mol. The Morgan fingerprint density at radius 1 is 1.53 bits per heavy atom. The molecular weight excluding hydrogens is 280 g/mol. The van der Waals surface area contributed by atoms with Crippen molar-refractivity contribution >= 4 is 27.1 Å². The number of nitrogens with zero attached hydrogens (tertiary/aromatic N) is 3. The molecule has 2 aromatic rings. The third-order valence-corrected chi connectivity index (χ3v) is 3.99. The van der Waals surface area contributed by atoms with Crippen molar-refractivity contribution in [3.05, 3.63) is 28.8 Å². The summed E-state index contributed by atoms with van der Waals surface area (Å²) in [5, 5.41) is 0. The van der Waals surface area contributed by atoms with E-state index in [1.165, 1.54) is 6.42 Å². The Morgan fingerprint density at radius 3 is 3.06 bits per heavy atom. The van der Waals surface area contributed by atoms with Crippen LogP contribution in [0.2, 0.25) is 0 Å². The average molecular weight is 295 g/mol. The molecule has 2 N–H and O–H groups in total. The van der Waals surface area contributed by atoms with Gasteiger partial charge in [0, 0.05) is 24.3 Å². The van der Waals surface area contributed by atoms with Gasteiger partial charge < -0.3 is 15.0 Å². The van der Waals surface area contributed by atoms with E-state index in [4.69, 9.17) is 5.73 Å². The van der Waals surface area contributed by atoms with Crippen molar-refractivity contribution in [2.75, 3.05) is 25.9 Å². The van der Waals surface area contributed by atoms with Crippen LogP contribution in [0.25, 0.3) is 5.52 Å². The van der Waals surface area contributed by atoms with Crippen molar-refractivity contribution in [3.63, 3.8) is 0 Å². The van der Waals surface area contributed by atoms with Crippen molar-refractivity contribution in [2.45, 2.75) is 12.3 Å². The van der Waals surface area contributed by atoms with Gasteiger partial charge in [0.2, 0.25) is 0 Å². The highest BCUT2D eigenvalue weighted by atomic mass is 79.9. The predicted octanol–water partition coefficient (Wildman–Crippen LogP) is 2.10. The van der Waals surface area contributed by atoms with Crippen molar-refractivity contribution in [1.29, 1.82) is 0 Å². The number of rotatable bonds is 1. The summed E-state index contributed by atoms with van der Waals surface area (Å²) >= 11 is 3.51. The number of imidazole rings is 1. The minimum Gasteiger partial charge on any atom is -0.399 e. The van der Waals surface area contributed by atoms with Gasteiger partial charge in [-0.2, -0.15) is 0 Å². The Hall–Kier alpha value is -1.07. The maximum Gasteiger partial charge on any atom is 0.132 e. The number of anilines is 1. The number of likely N-dealkylation sites (tertiary alicyclic amines) is 1. The van der Waals surface area contributed by atoms with Gasteiger partial charge in [-0.1, -0.05) is 0 Å². The van der Waals surface area contributed by atoms with E-state index in [0.717, 1.165) is 34.7 Å². The Kier molecular flexibility index (Phi) is 2.60. The SMILES string of the molecule is CN1CCC(c2nc(Br)c3cc(N)ccn23)C1. The van der Waals surface area contributed by atoms with Crippen molar-refractivity contribution in [2.24, 2.45) is 0 Å². The molecule has 0 aliphatic carbocycles. The summed E-state index contributed by atoms with van der Waals surface area (Å²) in [5.74, 6) is 1.65. The first kappa shape index (κ1) is 11.0. The fraction of sp³-hybridized carbons (Fsp3) is 0.417. The number of likely N-dealkylation sites (N-methyl/N-ethyl adjacent to an activating group) is 1. The van der Waals surface area contributed by atoms with E-state index in [0.29, 0.717) is 5.92 Å². The van der Waals surface area contributed by atoms with Crippen LogP contribution in [0.5, 0.6) is 0 Å². The molecule has 1 unspecified atom stereocenters. The minimum absolute atomic E-state index is 0.516. The fourth-order valence-electron chi connectivity index (χ4n) is 2.52. The van der Waals surface area contributed by atoms with Crippen LogP contribution in [0, 0.1) is 0 Å². The van der Waals surface area contributed by atoms with Gasteiger partial charge in [-0.3, -0.25) is 0 Å². The second-order valence-corrected chi connectivity index (χ2v) is 5.48. The van der Waals surface area contributed by atoms with E-state index in [2.05, 4.69) is 37.3 Å². The molecule has 1 atom stereocenters. The number of fused-ring (bicyclic) bond motifs is 1. The van der Waals surface area contributed by atoms with E-state index in [1.807, 2.05) is 18.3 Å². The first-order valence-electron chi connectivity index (χ1n) is 5.76. The molecule has 0 radical (unpaired) electrons. The lowest BCUT2D eigenvalue weighted by atomic mass is 10.1. The van der Waals surface area contributed by atoms with Crippen molar-refractivity contribution in [1.82, 2.24) is 14.3 Å². The van der Waals surface area contributed by atoms with E-state index in [1.54, 1.807) is 0 Å². The maximum absolute atomic E-state index is 5.81. The van der Waals surface area contributed by atoms with Gasteiger partial charge >= 0.3 is 0 Å². The molecule has 90 valence electrons. The van der Waals surface area contributed by atoms with Crippen LogP contribution < -0.4 is 5.73 Å². The number of halogens is 1. The Morgan fingerprint density at radius 2 is 2.35 bits per heavy atom. The Balaban J connectivity index is 2.11. The van der Waals surface area contributed by atoms with Gasteiger partial charge in [0.1, 0.15) is 10.4 Å². The molecular formula is C12H15BrN4. The van der Waals surface area contributed by atoms with E-state index >= 15 is 0 Å². The standard InChI is InChI=1S/C12H15BrN4/c1-16-4-2-8(7-16)12-15-11(13)10-6-9(14)3-5-17(10)12/h3,5-6,8H,2,4,7,14H2,1H3. The summed E-state index contributed by atoms with van der Waals surface area (Å²) in [7, 11) is 2.16. The first-order valence-corrected chi connectivity index (χ1v) is 6.56. The second kappa shape index (κ2) is 3.99. The summed E-state index contributed by atoms with van der Waals surface area (Å²) in [6.45, 7) is 2.22. The molecule has 0 aromatic carbocycles. The number of aromatic nitrogens is 2. The monoisotopic (exact) mass is 294 g/mol. The number of pyridine rings is 1. The van der Waals surface area contributed by atoms with Gasteiger partial charge in [-0.25, -0.2) is 4.98 Å². The highest BCUT2D eigenvalue weighted by Gasteiger charge is 2.25. The molecule has 1 aliphatic heterocycles. The Bertz CT molecular complexity index is 563. The molecule has 0 bridgehead atoms. The van der Waals surface area contributed by atoms with Gasteiger partial charge in [0.05, 0.1) is 5.52 Å². The molecule has 2 aromatic heterocycles. The van der Waals surface area contributed by atoms with Gasteiger partial charge in [0.25, 0.3) is 0 Å². The minimum atomic E-state index is 0.516. The number of nitrogen functional groups attached to an aromatic ring is 1. The average Bonchev–Trinajstić information content (AvgIpc) is 2.84. The van der Waals surface area contributed by atoms with E-state index in [-0.39, 0.29) is 0 Å². The van der Waals surface area contributed by atoms with Crippen molar-refractivity contribution in [3.8, 4) is 0 Å². The Labute approximate surface area is 109 Å². The van der Waals surface area contributed by atoms with Gasteiger partial charge in [-0.05, 0) is 48.1 Å². The molecule has 4 nitrogen and oxygen atoms in total. The van der Waals surface area contributed by atoms with Crippen LogP contribution in [-0.2, 0) is 0 Å². The summed E-state index contributed by atoms with van der Waals surface area (Å²) in [6.07, 6.45) is 3.18. The van der Waals surface area contributed by atoms with Gasteiger partial charge in [0.15, 0.2) is 0 Å². The van der Waals surface area contributed by atoms with Crippen LogP contribution in [0.3, 0.4) is 0 Å². The van der Waals surface area contributed by atoms with Gasteiger partial charge in [-0.15, -0.1) is 0 Å². The van der Waals surface area contributed by atoms with Crippen LogP contribution in [0.15, 0.2) is 22.9 Å². The van der Waals surface area contributed by atoms with Crippen LogP contribution >= 0.6 is 15.9 Å². The maximum atomic E-state index is 5.81. The lowest BCUT2D eigenvalue weighted by molar-refractivity contribution is 0.409. The highest BCUT2D eigenvalue weighted by molar-refractivity contribution is 9.10. The zero-order valence-electron chi connectivity index (χ0n) is 9.73. The van der Waals surface area contributed by atoms with Crippen LogP contribution in [0.1, 0.15) is 18.2 Å². The summed E-state index contributed by atoms with van der Waals surface area (Å²) in [4.78, 5) is 6.99. The lowest BCUT2D eigenvalue weighted by Gasteiger charge is -2.09. The molecule has 1 saturated heterocycles. The lowest BCUT2D eigenvalue weighted by Crippen LogP contribution is -2.14. The third-order valence-electron chi connectivity index (χ3n) is 3.41. The van der Waals surface area contributed by atoms with Crippen LogP contribution in [-0.4, -0.2) is 34.4 Å². The smallest absolute Gasteiger partial charge is 0.132 e. The molecule has 0 spiro atoms. The molecule has 5 heteroatoms. The number of hydrogen-bond donors (Lipinski definition) is 1. The molecule has 17 heavy (non-hydrogen) atoms. The number of hydrogen-bond acceptors (Lipinski definition) is 3. The largest absolute Gasteiger partial charge is 0.399 e. The van der Waals surface area contributed by atoms with E-state index in [9.17, 15) is 0 Å². The highest BCUT2D eigenvalue weighted by Crippen LogP contribution is 2.30. The zero-order chi connectivity index (χ0) is 12.0. The fourth-order valence-corrected chi connectivity index (χ4v) is 3.01. The molecule has 0 amide bonds. The molecule has 0 saturated carbocycles. The molecule has 3 rings (SSSR count). The quantitative estimate of drug-likeness (QED) is 0.876. The molecule has 3 heterocycles. The third kappa shape index (κ3) is 1.83. The van der Waals surface area contributed by atoms with Crippen LogP contribution in [0.4, 0.5) is 5.69 Å². The zero-order valence-corrected chi connectivity index (χ0v) is 11.3. The molecule has 1 aliphatic rings. The van der Waals surface area contributed by atoms with E-state index < -0.39 is 0 Å². The first-order chi connectivity index (χ1) is 8.15. The topological polar surface area (TPSA) is 46.6 Å². The normalized spacial score (nSPS) is 21.4. The molecule has 1 fully saturated rings. The van der Waals surface area contributed by atoms with Crippen molar-refractivity contribution < 1.29 is 0 Å².